The van der Waals surface area contributed by atoms with E-state index in [-0.39, 0.29) is 6.54 Å². The fourth-order valence-corrected chi connectivity index (χ4v) is 2.99. The van der Waals surface area contributed by atoms with Crippen LogP contribution in [0, 0.1) is 5.82 Å². The van der Waals surface area contributed by atoms with Crippen molar-refractivity contribution in [3.05, 3.63) is 57.5 Å². The average molecular weight is 319 g/mol. The smallest absolute Gasteiger partial charge is 0.388 e. The molecule has 21 heavy (non-hydrogen) atoms. The van der Waals surface area contributed by atoms with Crippen molar-refractivity contribution in [2.24, 2.45) is 5.73 Å². The van der Waals surface area contributed by atoms with E-state index in [4.69, 9.17) is 5.73 Å². The number of nitrogens with two attached hydrogens (primary N) is 1. The predicted octanol–water partition coefficient (Wildman–Crippen LogP) is 3.68. The van der Waals surface area contributed by atoms with Crippen molar-refractivity contribution in [2.45, 2.75) is 18.2 Å². The van der Waals surface area contributed by atoms with E-state index in [1.807, 2.05) is 0 Å². The number of hydrogen-bond acceptors (Lipinski definition) is 3. The van der Waals surface area contributed by atoms with Gasteiger partial charge in [0.15, 0.2) is 0 Å². The quantitative estimate of drug-likeness (QED) is 0.845. The van der Waals surface area contributed by atoms with Crippen molar-refractivity contribution in [3.63, 3.8) is 0 Å². The summed E-state index contributed by atoms with van der Waals surface area (Å²) in [5.41, 5.74) is 3.80. The molecule has 7 heteroatoms. The lowest BCUT2D eigenvalue weighted by atomic mass is 9.92. The molecule has 0 saturated heterocycles. The lowest BCUT2D eigenvalue weighted by Gasteiger charge is -2.22. The highest BCUT2D eigenvalue weighted by molar-refractivity contribution is 7.10. The van der Waals surface area contributed by atoms with Crippen LogP contribution in [0.3, 0.4) is 0 Å². The Labute approximate surface area is 122 Å². The number of hydrogen-bond donors (Lipinski definition) is 2. The first-order chi connectivity index (χ1) is 9.86. The number of thiophene rings is 1. The third-order valence-electron chi connectivity index (χ3n) is 3.20. The summed E-state index contributed by atoms with van der Waals surface area (Å²) in [6.45, 7) is -0.00261. The van der Waals surface area contributed by atoms with Gasteiger partial charge in [-0.1, -0.05) is 18.2 Å². The molecule has 2 nitrogen and oxygen atoms in total. The molecular formula is C14H13F4NOS. The standard InChI is InChI=1S/C14H13F4NOS/c15-12-8(3-1-4-10(12)14(16,17)18)13(20)9(7-19)11-5-2-6-21-11/h1-6,9,13,20H,7,19H2. The summed E-state index contributed by atoms with van der Waals surface area (Å²) in [6, 6.07) is 6.31. The van der Waals surface area contributed by atoms with Gasteiger partial charge in [-0.3, -0.25) is 0 Å². The van der Waals surface area contributed by atoms with Gasteiger partial charge < -0.3 is 10.8 Å². The summed E-state index contributed by atoms with van der Waals surface area (Å²) in [6.07, 6.45) is -6.24. The molecule has 0 spiro atoms. The largest absolute Gasteiger partial charge is 0.419 e. The number of benzene rings is 1. The summed E-state index contributed by atoms with van der Waals surface area (Å²) >= 11 is 1.31. The number of aliphatic hydroxyl groups is 1. The summed E-state index contributed by atoms with van der Waals surface area (Å²) in [7, 11) is 0. The number of alkyl halides is 3. The van der Waals surface area contributed by atoms with Gasteiger partial charge in [-0.2, -0.15) is 13.2 Å². The molecule has 0 amide bonds. The maximum atomic E-state index is 14.0. The van der Waals surface area contributed by atoms with E-state index in [0.29, 0.717) is 10.9 Å². The molecule has 3 N–H and O–H groups in total. The Hall–Kier alpha value is -1.44. The Kier molecular flexibility index (Phi) is 4.65. The zero-order valence-electron chi connectivity index (χ0n) is 10.8. The van der Waals surface area contributed by atoms with E-state index in [2.05, 4.69) is 0 Å². The highest BCUT2D eigenvalue weighted by atomic mass is 32.1. The van der Waals surface area contributed by atoms with E-state index in [1.54, 1.807) is 17.5 Å². The van der Waals surface area contributed by atoms with Crippen LogP contribution in [0.4, 0.5) is 17.6 Å². The van der Waals surface area contributed by atoms with Crippen molar-refractivity contribution in [2.75, 3.05) is 6.54 Å². The highest BCUT2D eigenvalue weighted by Gasteiger charge is 2.36. The molecule has 2 aromatic rings. The zero-order chi connectivity index (χ0) is 15.6. The fraction of sp³-hybridized carbons (Fsp3) is 0.286. The Bertz CT molecular complexity index is 598. The molecule has 0 fully saturated rings. The normalized spacial score (nSPS) is 15.0. The van der Waals surface area contributed by atoms with Crippen molar-refractivity contribution in [1.29, 1.82) is 0 Å². The number of halogens is 4. The van der Waals surface area contributed by atoms with Crippen molar-refractivity contribution >= 4 is 11.3 Å². The molecule has 0 bridgehead atoms. The van der Waals surface area contributed by atoms with Crippen molar-refractivity contribution in [3.8, 4) is 0 Å². The first-order valence-corrected chi connectivity index (χ1v) is 7.01. The van der Waals surface area contributed by atoms with Gasteiger partial charge in [-0.05, 0) is 17.5 Å². The molecule has 1 aromatic heterocycles. The molecule has 2 unspecified atom stereocenters. The van der Waals surface area contributed by atoms with Crippen LogP contribution in [0.2, 0.25) is 0 Å². The molecule has 1 aromatic carbocycles. The second kappa shape index (κ2) is 6.13. The lowest BCUT2D eigenvalue weighted by Crippen LogP contribution is -2.21. The van der Waals surface area contributed by atoms with Crippen LogP contribution in [0.1, 0.15) is 28.0 Å². The Morgan fingerprint density at radius 2 is 1.90 bits per heavy atom. The maximum Gasteiger partial charge on any atom is 0.419 e. The van der Waals surface area contributed by atoms with Crippen LogP contribution in [0.25, 0.3) is 0 Å². The molecule has 0 radical (unpaired) electrons. The first kappa shape index (κ1) is 15.9. The van der Waals surface area contributed by atoms with Crippen LogP contribution in [-0.2, 0) is 6.18 Å². The monoisotopic (exact) mass is 319 g/mol. The van der Waals surface area contributed by atoms with Crippen LogP contribution in [-0.4, -0.2) is 11.7 Å². The molecule has 1 heterocycles. The summed E-state index contributed by atoms with van der Waals surface area (Å²) in [4.78, 5) is 0.696. The minimum absolute atomic E-state index is 0.00261. The van der Waals surface area contributed by atoms with E-state index < -0.39 is 35.1 Å². The number of rotatable bonds is 4. The van der Waals surface area contributed by atoms with E-state index in [9.17, 15) is 22.7 Å². The van der Waals surface area contributed by atoms with Gasteiger partial charge in [0, 0.05) is 22.9 Å². The highest BCUT2D eigenvalue weighted by Crippen LogP contribution is 2.38. The molecule has 2 atom stereocenters. The predicted molar refractivity (Wildman–Crippen MR) is 72.5 cm³/mol. The summed E-state index contributed by atoms with van der Waals surface area (Å²) < 4.78 is 52.2. The average Bonchev–Trinajstić information content (AvgIpc) is 2.92. The second-order valence-electron chi connectivity index (χ2n) is 4.51. The van der Waals surface area contributed by atoms with E-state index in [1.165, 1.54) is 11.3 Å². The van der Waals surface area contributed by atoms with E-state index >= 15 is 0 Å². The van der Waals surface area contributed by atoms with Crippen LogP contribution in [0.15, 0.2) is 35.7 Å². The van der Waals surface area contributed by atoms with Crippen molar-refractivity contribution in [1.82, 2.24) is 0 Å². The second-order valence-corrected chi connectivity index (χ2v) is 5.49. The van der Waals surface area contributed by atoms with E-state index in [0.717, 1.165) is 12.1 Å². The van der Waals surface area contributed by atoms with Crippen LogP contribution in [0.5, 0.6) is 0 Å². The summed E-state index contributed by atoms with van der Waals surface area (Å²) in [5, 5.41) is 12.0. The van der Waals surface area contributed by atoms with Crippen LogP contribution < -0.4 is 5.73 Å². The van der Waals surface area contributed by atoms with Gasteiger partial charge in [-0.15, -0.1) is 11.3 Å². The third kappa shape index (κ3) is 3.25. The summed E-state index contributed by atoms with van der Waals surface area (Å²) in [5.74, 6) is -2.10. The third-order valence-corrected chi connectivity index (χ3v) is 4.20. The molecule has 0 saturated carbocycles. The Morgan fingerprint density at radius 3 is 2.43 bits per heavy atom. The molecule has 114 valence electrons. The van der Waals surface area contributed by atoms with Crippen molar-refractivity contribution < 1.29 is 22.7 Å². The minimum atomic E-state index is -4.80. The Morgan fingerprint density at radius 1 is 1.19 bits per heavy atom. The molecular weight excluding hydrogens is 306 g/mol. The SMILES string of the molecule is NCC(c1cccs1)C(O)c1cccc(C(F)(F)F)c1F. The van der Waals surface area contributed by atoms with Gasteiger partial charge in [0.1, 0.15) is 5.82 Å². The van der Waals surface area contributed by atoms with Gasteiger partial charge >= 0.3 is 6.18 Å². The number of aliphatic hydroxyl groups excluding tert-OH is 1. The lowest BCUT2D eigenvalue weighted by molar-refractivity contribution is -0.140. The topological polar surface area (TPSA) is 46.2 Å². The van der Waals surface area contributed by atoms with Crippen LogP contribution >= 0.6 is 11.3 Å². The van der Waals surface area contributed by atoms with Gasteiger partial charge in [0.25, 0.3) is 0 Å². The van der Waals surface area contributed by atoms with Gasteiger partial charge in [0.2, 0.25) is 0 Å². The van der Waals surface area contributed by atoms with Gasteiger partial charge in [-0.25, -0.2) is 4.39 Å². The van der Waals surface area contributed by atoms with Gasteiger partial charge in [0.05, 0.1) is 11.7 Å². The Balaban J connectivity index is 2.42. The maximum absolute atomic E-state index is 14.0. The fourth-order valence-electron chi connectivity index (χ4n) is 2.12. The molecule has 2 rings (SSSR count). The first-order valence-electron chi connectivity index (χ1n) is 6.13. The zero-order valence-corrected chi connectivity index (χ0v) is 11.6. The minimum Gasteiger partial charge on any atom is -0.388 e. The molecule has 0 aliphatic carbocycles. The molecule has 0 aliphatic rings. The molecule has 0 aliphatic heterocycles.